The molecular weight excluding hydrogens is 172 g/mol. The maximum atomic E-state index is 10.4. The Morgan fingerprint density at radius 2 is 2.23 bits per heavy atom. The van der Waals surface area contributed by atoms with Crippen LogP contribution in [-0.2, 0) is 6.42 Å². The number of hydrogen-bond donors (Lipinski definition) is 2. The first kappa shape index (κ1) is 9.47. The van der Waals surface area contributed by atoms with Crippen molar-refractivity contribution in [2.75, 3.05) is 12.3 Å². The molecule has 1 rings (SSSR count). The molecule has 0 unspecified atom stereocenters. The summed E-state index contributed by atoms with van der Waals surface area (Å²) in [6, 6.07) is 4.56. The van der Waals surface area contributed by atoms with E-state index in [1.807, 2.05) is 0 Å². The number of para-hydroxylation sites is 1. The Kier molecular flexibility index (Phi) is 2.81. The molecule has 0 saturated heterocycles. The Bertz CT molecular complexity index is 325. The van der Waals surface area contributed by atoms with Gasteiger partial charge in [-0.15, -0.1) is 0 Å². The molecule has 0 aromatic heterocycles. The molecule has 0 amide bonds. The number of nitrogens with two attached hydrogens (primary N) is 1. The molecule has 5 heteroatoms. The first-order valence-electron chi connectivity index (χ1n) is 3.79. The van der Waals surface area contributed by atoms with Gasteiger partial charge in [-0.3, -0.25) is 10.1 Å². The number of nitrogens with zero attached hydrogens (tertiary/aromatic N) is 1. The molecule has 13 heavy (non-hydrogen) atoms. The van der Waals surface area contributed by atoms with Crippen molar-refractivity contribution in [3.8, 4) is 0 Å². The van der Waals surface area contributed by atoms with Crippen LogP contribution < -0.4 is 5.73 Å². The fourth-order valence-electron chi connectivity index (χ4n) is 1.10. The summed E-state index contributed by atoms with van der Waals surface area (Å²) in [7, 11) is 0. The molecule has 3 N–H and O–H groups in total. The molecule has 0 fully saturated rings. The van der Waals surface area contributed by atoms with Gasteiger partial charge in [0.1, 0.15) is 5.69 Å². The van der Waals surface area contributed by atoms with Crippen LogP contribution in [0.3, 0.4) is 0 Å². The molecule has 0 heterocycles. The van der Waals surface area contributed by atoms with E-state index in [0.717, 1.165) is 0 Å². The summed E-state index contributed by atoms with van der Waals surface area (Å²) in [5.41, 5.74) is 6.16. The first-order chi connectivity index (χ1) is 6.16. The second-order valence-electron chi connectivity index (χ2n) is 2.58. The lowest BCUT2D eigenvalue weighted by molar-refractivity contribution is -0.383. The van der Waals surface area contributed by atoms with Crippen molar-refractivity contribution < 1.29 is 10.0 Å². The van der Waals surface area contributed by atoms with Crippen LogP contribution in [0.15, 0.2) is 18.2 Å². The minimum atomic E-state index is -0.532. The van der Waals surface area contributed by atoms with Gasteiger partial charge in [0.15, 0.2) is 0 Å². The monoisotopic (exact) mass is 182 g/mol. The minimum Gasteiger partial charge on any atom is -0.396 e. The normalized spacial score (nSPS) is 9.92. The topological polar surface area (TPSA) is 89.4 Å². The predicted octanol–water partition coefficient (Wildman–Crippen LogP) is 0.712. The van der Waals surface area contributed by atoms with Crippen molar-refractivity contribution in [1.29, 1.82) is 0 Å². The number of aliphatic hydroxyl groups excluding tert-OH is 1. The standard InChI is InChI=1S/C8H10N2O3/c9-8-6(4-5-11)2-1-3-7(8)10(12)13/h1-3,11H,4-5,9H2. The van der Waals surface area contributed by atoms with E-state index >= 15 is 0 Å². The average molecular weight is 182 g/mol. The highest BCUT2D eigenvalue weighted by atomic mass is 16.6. The van der Waals surface area contributed by atoms with Crippen molar-refractivity contribution in [3.63, 3.8) is 0 Å². The number of aliphatic hydroxyl groups is 1. The summed E-state index contributed by atoms with van der Waals surface area (Å²) in [6.45, 7) is -0.0641. The fraction of sp³-hybridized carbons (Fsp3) is 0.250. The summed E-state index contributed by atoms with van der Waals surface area (Å²) < 4.78 is 0. The molecule has 0 radical (unpaired) electrons. The van der Waals surface area contributed by atoms with E-state index in [0.29, 0.717) is 12.0 Å². The molecular formula is C8H10N2O3. The predicted molar refractivity (Wildman–Crippen MR) is 48.3 cm³/mol. The number of nitro groups is 1. The van der Waals surface area contributed by atoms with E-state index in [9.17, 15) is 10.1 Å². The number of anilines is 1. The molecule has 0 aliphatic rings. The second-order valence-corrected chi connectivity index (χ2v) is 2.58. The zero-order valence-corrected chi connectivity index (χ0v) is 6.93. The van der Waals surface area contributed by atoms with Crippen LogP contribution in [0.1, 0.15) is 5.56 Å². The van der Waals surface area contributed by atoms with E-state index in [1.54, 1.807) is 12.1 Å². The number of benzene rings is 1. The van der Waals surface area contributed by atoms with Crippen LogP contribution >= 0.6 is 0 Å². The Balaban J connectivity index is 3.10. The van der Waals surface area contributed by atoms with Crippen LogP contribution in [0.25, 0.3) is 0 Å². The van der Waals surface area contributed by atoms with Crippen molar-refractivity contribution in [2.24, 2.45) is 0 Å². The maximum absolute atomic E-state index is 10.4. The Labute approximate surface area is 74.9 Å². The Hall–Kier alpha value is -1.62. The lowest BCUT2D eigenvalue weighted by Gasteiger charge is -2.03. The van der Waals surface area contributed by atoms with Gasteiger partial charge in [-0.2, -0.15) is 0 Å². The van der Waals surface area contributed by atoms with Gasteiger partial charge in [0.25, 0.3) is 5.69 Å². The summed E-state index contributed by atoms with van der Waals surface area (Å²) >= 11 is 0. The van der Waals surface area contributed by atoms with Crippen LogP contribution in [0.5, 0.6) is 0 Å². The second kappa shape index (κ2) is 3.86. The van der Waals surface area contributed by atoms with Crippen LogP contribution in [0.4, 0.5) is 11.4 Å². The Morgan fingerprint density at radius 1 is 1.54 bits per heavy atom. The summed E-state index contributed by atoms with van der Waals surface area (Å²) in [4.78, 5) is 9.91. The molecule has 0 spiro atoms. The van der Waals surface area contributed by atoms with Gasteiger partial charge in [-0.05, 0) is 12.0 Å². The van der Waals surface area contributed by atoms with Gasteiger partial charge in [-0.1, -0.05) is 12.1 Å². The number of rotatable bonds is 3. The molecule has 0 atom stereocenters. The third-order valence-corrected chi connectivity index (χ3v) is 1.75. The van der Waals surface area contributed by atoms with Gasteiger partial charge < -0.3 is 10.8 Å². The average Bonchev–Trinajstić information content (AvgIpc) is 2.08. The molecule has 70 valence electrons. The summed E-state index contributed by atoms with van der Waals surface area (Å²) in [5.74, 6) is 0. The molecule has 0 bridgehead atoms. The minimum absolute atomic E-state index is 0.0641. The third kappa shape index (κ3) is 1.94. The highest BCUT2D eigenvalue weighted by Crippen LogP contribution is 2.24. The van der Waals surface area contributed by atoms with Crippen molar-refractivity contribution in [3.05, 3.63) is 33.9 Å². The quantitative estimate of drug-likeness (QED) is 0.409. The van der Waals surface area contributed by atoms with Crippen molar-refractivity contribution >= 4 is 11.4 Å². The lowest BCUT2D eigenvalue weighted by atomic mass is 10.1. The molecule has 0 aliphatic carbocycles. The highest BCUT2D eigenvalue weighted by Gasteiger charge is 2.13. The SMILES string of the molecule is Nc1c(CCO)cccc1[N+](=O)[O-]. The number of nitro benzene ring substituents is 1. The van der Waals surface area contributed by atoms with E-state index in [1.165, 1.54) is 6.07 Å². The number of nitrogen functional groups attached to an aromatic ring is 1. The van der Waals surface area contributed by atoms with E-state index in [4.69, 9.17) is 10.8 Å². The Morgan fingerprint density at radius 3 is 2.77 bits per heavy atom. The smallest absolute Gasteiger partial charge is 0.292 e. The van der Waals surface area contributed by atoms with E-state index in [-0.39, 0.29) is 18.0 Å². The molecule has 0 saturated carbocycles. The van der Waals surface area contributed by atoms with Gasteiger partial charge >= 0.3 is 0 Å². The zero-order valence-electron chi connectivity index (χ0n) is 6.93. The van der Waals surface area contributed by atoms with Crippen molar-refractivity contribution in [1.82, 2.24) is 0 Å². The van der Waals surface area contributed by atoms with E-state index < -0.39 is 4.92 Å². The lowest BCUT2D eigenvalue weighted by Crippen LogP contribution is -2.01. The number of hydrogen-bond acceptors (Lipinski definition) is 4. The summed E-state index contributed by atoms with van der Waals surface area (Å²) in [5, 5.41) is 19.1. The molecule has 5 nitrogen and oxygen atoms in total. The largest absolute Gasteiger partial charge is 0.396 e. The molecule has 1 aromatic carbocycles. The highest BCUT2D eigenvalue weighted by molar-refractivity contribution is 5.62. The van der Waals surface area contributed by atoms with Gasteiger partial charge in [-0.25, -0.2) is 0 Å². The molecule has 1 aromatic rings. The van der Waals surface area contributed by atoms with Gasteiger partial charge in [0, 0.05) is 12.7 Å². The van der Waals surface area contributed by atoms with Crippen LogP contribution in [0.2, 0.25) is 0 Å². The first-order valence-corrected chi connectivity index (χ1v) is 3.79. The molecule has 0 aliphatic heterocycles. The van der Waals surface area contributed by atoms with Crippen LogP contribution in [-0.4, -0.2) is 16.6 Å². The zero-order chi connectivity index (χ0) is 9.84. The fourth-order valence-corrected chi connectivity index (χ4v) is 1.10. The van der Waals surface area contributed by atoms with Gasteiger partial charge in [0.2, 0.25) is 0 Å². The summed E-state index contributed by atoms with van der Waals surface area (Å²) in [6.07, 6.45) is 0.341. The third-order valence-electron chi connectivity index (χ3n) is 1.75. The maximum Gasteiger partial charge on any atom is 0.292 e. The van der Waals surface area contributed by atoms with Crippen molar-refractivity contribution in [2.45, 2.75) is 6.42 Å². The van der Waals surface area contributed by atoms with Gasteiger partial charge in [0.05, 0.1) is 4.92 Å². The van der Waals surface area contributed by atoms with E-state index in [2.05, 4.69) is 0 Å². The van der Waals surface area contributed by atoms with Crippen LogP contribution in [0, 0.1) is 10.1 Å².